The first kappa shape index (κ1) is 15.7. The van der Waals surface area contributed by atoms with Gasteiger partial charge in [-0.3, -0.25) is 4.79 Å². The monoisotopic (exact) mass is 342 g/mol. The van der Waals surface area contributed by atoms with Gasteiger partial charge in [0.05, 0.1) is 17.4 Å². The van der Waals surface area contributed by atoms with Crippen LogP contribution >= 0.6 is 24.0 Å². The number of hydrogen-bond acceptors (Lipinski definition) is 5. The first-order chi connectivity index (χ1) is 11.2. The summed E-state index contributed by atoms with van der Waals surface area (Å²) in [5.74, 6) is 0.348. The molecule has 1 aromatic heterocycles. The average Bonchev–Trinajstić information content (AvgIpc) is 3.16. The van der Waals surface area contributed by atoms with Gasteiger partial charge in [-0.05, 0) is 48.0 Å². The Morgan fingerprint density at radius 3 is 2.74 bits per heavy atom. The zero-order chi connectivity index (χ0) is 16.2. The highest BCUT2D eigenvalue weighted by atomic mass is 32.2. The fourth-order valence-corrected chi connectivity index (χ4v) is 3.21. The number of hydrogen-bond donors (Lipinski definition) is 0. The fourth-order valence-electron chi connectivity index (χ4n) is 2.04. The van der Waals surface area contributed by atoms with E-state index in [2.05, 4.69) is 24.2 Å². The summed E-state index contributed by atoms with van der Waals surface area (Å²) >= 11 is 6.48. The predicted molar refractivity (Wildman–Crippen MR) is 97.1 cm³/mol. The minimum Gasteiger partial charge on any atom is -0.463 e. The first-order valence-corrected chi connectivity index (χ1v) is 8.34. The summed E-state index contributed by atoms with van der Waals surface area (Å²) in [5, 5.41) is 5.33. The SMILES string of the molecule is CCc1ccc(/C=C2/SC(=S)N(/N=C/c3ccco3)C2=O)cc1. The van der Waals surface area contributed by atoms with Crippen molar-refractivity contribution in [1.82, 2.24) is 5.01 Å². The van der Waals surface area contributed by atoms with E-state index < -0.39 is 0 Å². The van der Waals surface area contributed by atoms with Crippen LogP contribution in [0.2, 0.25) is 0 Å². The minimum atomic E-state index is -0.220. The molecule has 0 N–H and O–H groups in total. The van der Waals surface area contributed by atoms with Crippen LogP contribution in [0.4, 0.5) is 0 Å². The maximum absolute atomic E-state index is 12.4. The van der Waals surface area contributed by atoms with Gasteiger partial charge in [-0.25, -0.2) is 0 Å². The van der Waals surface area contributed by atoms with Crippen molar-refractivity contribution in [3.63, 3.8) is 0 Å². The summed E-state index contributed by atoms with van der Waals surface area (Å²) in [7, 11) is 0. The van der Waals surface area contributed by atoms with Crippen LogP contribution in [-0.2, 0) is 11.2 Å². The van der Waals surface area contributed by atoms with Crippen LogP contribution in [0.25, 0.3) is 6.08 Å². The lowest BCUT2D eigenvalue weighted by Gasteiger charge is -2.05. The molecule has 0 radical (unpaired) electrons. The molecule has 1 aromatic carbocycles. The van der Waals surface area contributed by atoms with Crippen molar-refractivity contribution in [1.29, 1.82) is 0 Å². The number of carbonyl (C=O) groups is 1. The Bertz CT molecular complexity index is 777. The molecule has 116 valence electrons. The zero-order valence-corrected chi connectivity index (χ0v) is 14.1. The third-order valence-electron chi connectivity index (χ3n) is 3.30. The number of nitrogens with zero attached hydrogens (tertiary/aromatic N) is 2. The Morgan fingerprint density at radius 2 is 2.09 bits per heavy atom. The van der Waals surface area contributed by atoms with Crippen molar-refractivity contribution in [2.75, 3.05) is 0 Å². The van der Waals surface area contributed by atoms with Crippen molar-refractivity contribution in [3.8, 4) is 0 Å². The highest BCUT2D eigenvalue weighted by Gasteiger charge is 2.32. The first-order valence-electron chi connectivity index (χ1n) is 7.12. The van der Waals surface area contributed by atoms with Crippen LogP contribution in [0.1, 0.15) is 23.8 Å². The molecule has 23 heavy (non-hydrogen) atoms. The van der Waals surface area contributed by atoms with Gasteiger partial charge in [0.25, 0.3) is 5.91 Å². The van der Waals surface area contributed by atoms with Crippen molar-refractivity contribution in [2.24, 2.45) is 5.10 Å². The summed E-state index contributed by atoms with van der Waals surface area (Å²) in [5.41, 5.74) is 2.23. The lowest BCUT2D eigenvalue weighted by atomic mass is 10.1. The second-order valence-electron chi connectivity index (χ2n) is 4.85. The second-order valence-corrected chi connectivity index (χ2v) is 6.52. The number of rotatable bonds is 4. The Balaban J connectivity index is 1.78. The van der Waals surface area contributed by atoms with Crippen molar-refractivity contribution in [3.05, 3.63) is 64.5 Å². The predicted octanol–water partition coefficient (Wildman–Crippen LogP) is 4.08. The summed E-state index contributed by atoms with van der Waals surface area (Å²) in [4.78, 5) is 13.0. The number of carbonyl (C=O) groups excluding carboxylic acids is 1. The molecule has 2 heterocycles. The van der Waals surface area contributed by atoms with Gasteiger partial charge in [0.2, 0.25) is 0 Å². The standard InChI is InChI=1S/C17H14N2O2S2/c1-2-12-5-7-13(8-6-12)10-15-16(20)19(17(22)23-15)18-11-14-4-3-9-21-14/h3-11H,2H2,1H3/b15-10+,18-11+. The lowest BCUT2D eigenvalue weighted by molar-refractivity contribution is -0.122. The van der Waals surface area contributed by atoms with Gasteiger partial charge in [-0.15, -0.1) is 0 Å². The van der Waals surface area contributed by atoms with E-state index in [1.54, 1.807) is 18.4 Å². The summed E-state index contributed by atoms with van der Waals surface area (Å²) in [6.07, 6.45) is 5.85. The molecule has 0 aliphatic carbocycles. The molecule has 0 unspecified atom stereocenters. The number of thioether (sulfide) groups is 1. The molecular weight excluding hydrogens is 328 g/mol. The van der Waals surface area contributed by atoms with Crippen LogP contribution < -0.4 is 0 Å². The molecule has 0 bridgehead atoms. The van der Waals surface area contributed by atoms with Crippen molar-refractivity contribution in [2.45, 2.75) is 13.3 Å². The number of amides is 1. The molecule has 2 aromatic rings. The van der Waals surface area contributed by atoms with Gasteiger partial charge in [0.15, 0.2) is 4.32 Å². The molecule has 6 heteroatoms. The minimum absolute atomic E-state index is 0.220. The van der Waals surface area contributed by atoms with E-state index in [9.17, 15) is 4.79 Å². The van der Waals surface area contributed by atoms with E-state index in [1.165, 1.54) is 28.5 Å². The summed E-state index contributed by atoms with van der Waals surface area (Å²) in [6.45, 7) is 2.11. The zero-order valence-electron chi connectivity index (χ0n) is 12.4. The van der Waals surface area contributed by atoms with E-state index in [0.717, 1.165) is 12.0 Å². The van der Waals surface area contributed by atoms with Crippen LogP contribution in [0.5, 0.6) is 0 Å². The third-order valence-corrected chi connectivity index (χ3v) is 4.59. The van der Waals surface area contributed by atoms with Crippen LogP contribution in [-0.4, -0.2) is 21.5 Å². The maximum Gasteiger partial charge on any atom is 0.286 e. The Kier molecular flexibility index (Phi) is 4.73. The van der Waals surface area contributed by atoms with E-state index in [0.29, 0.717) is 15.0 Å². The number of aryl methyl sites for hydroxylation is 1. The number of furan rings is 1. The molecule has 1 aliphatic heterocycles. The van der Waals surface area contributed by atoms with Crippen LogP contribution in [0, 0.1) is 0 Å². The molecule has 1 saturated heterocycles. The quantitative estimate of drug-likeness (QED) is 0.477. The average molecular weight is 342 g/mol. The largest absolute Gasteiger partial charge is 0.463 e. The van der Waals surface area contributed by atoms with Crippen molar-refractivity contribution >= 4 is 46.5 Å². The molecule has 4 nitrogen and oxygen atoms in total. The van der Waals surface area contributed by atoms with Gasteiger partial charge < -0.3 is 4.42 Å². The van der Waals surface area contributed by atoms with E-state index in [4.69, 9.17) is 16.6 Å². The highest BCUT2D eigenvalue weighted by Crippen LogP contribution is 2.32. The molecule has 1 amide bonds. The summed E-state index contributed by atoms with van der Waals surface area (Å²) < 4.78 is 5.57. The van der Waals surface area contributed by atoms with Gasteiger partial charge in [-0.1, -0.05) is 43.0 Å². The third kappa shape index (κ3) is 3.60. The molecule has 1 aliphatic rings. The molecule has 0 saturated carbocycles. The fraction of sp³-hybridized carbons (Fsp3) is 0.118. The Morgan fingerprint density at radius 1 is 1.30 bits per heavy atom. The van der Waals surface area contributed by atoms with Crippen LogP contribution in [0.15, 0.2) is 57.1 Å². The van der Waals surface area contributed by atoms with Crippen LogP contribution in [0.3, 0.4) is 0 Å². The maximum atomic E-state index is 12.4. The topological polar surface area (TPSA) is 45.8 Å². The molecule has 0 spiro atoms. The van der Waals surface area contributed by atoms with Gasteiger partial charge in [-0.2, -0.15) is 10.1 Å². The van der Waals surface area contributed by atoms with Gasteiger partial charge in [0.1, 0.15) is 5.76 Å². The summed E-state index contributed by atoms with van der Waals surface area (Å²) in [6, 6.07) is 11.6. The normalized spacial score (nSPS) is 16.9. The molecule has 0 atom stereocenters. The second kappa shape index (κ2) is 6.93. The number of benzene rings is 1. The van der Waals surface area contributed by atoms with Gasteiger partial charge in [0, 0.05) is 0 Å². The van der Waals surface area contributed by atoms with Crippen molar-refractivity contribution < 1.29 is 9.21 Å². The van der Waals surface area contributed by atoms with Gasteiger partial charge >= 0.3 is 0 Å². The smallest absolute Gasteiger partial charge is 0.286 e. The Labute approximate surface area is 143 Å². The molecule has 3 rings (SSSR count). The van der Waals surface area contributed by atoms with E-state index >= 15 is 0 Å². The highest BCUT2D eigenvalue weighted by molar-refractivity contribution is 8.26. The lowest BCUT2D eigenvalue weighted by Crippen LogP contribution is -2.22. The molecular formula is C17H14N2O2S2. The van der Waals surface area contributed by atoms with E-state index in [1.807, 2.05) is 18.2 Å². The number of hydrazone groups is 1. The molecule has 1 fully saturated rings. The van der Waals surface area contributed by atoms with E-state index in [-0.39, 0.29) is 5.91 Å². The Hall–Kier alpha value is -2.18. The number of thiocarbonyl (C=S) groups is 1.